The molecule has 5 nitrogen and oxygen atoms in total. The monoisotopic (exact) mass is 229 g/mol. The highest BCUT2D eigenvalue weighted by Crippen LogP contribution is 2.15. The van der Waals surface area contributed by atoms with Gasteiger partial charge in [-0.15, -0.1) is 0 Å². The molecule has 0 fully saturated rings. The molecule has 5 heteroatoms. The lowest BCUT2D eigenvalue weighted by molar-refractivity contribution is -0.127. The molecule has 1 aromatic rings. The van der Waals surface area contributed by atoms with Gasteiger partial charge in [0, 0.05) is 5.56 Å². The summed E-state index contributed by atoms with van der Waals surface area (Å²) >= 11 is 0. The molecular formula is C12H11N3O2. The first-order valence-electron chi connectivity index (χ1n) is 5.09. The highest BCUT2D eigenvalue weighted by Gasteiger charge is 2.36. The van der Waals surface area contributed by atoms with Gasteiger partial charge >= 0.3 is 0 Å². The Morgan fingerprint density at radius 1 is 1.41 bits per heavy atom. The van der Waals surface area contributed by atoms with E-state index in [1.165, 1.54) is 0 Å². The van der Waals surface area contributed by atoms with Crippen LogP contribution >= 0.6 is 0 Å². The molecule has 1 atom stereocenters. The quantitative estimate of drug-likeness (QED) is 0.563. The number of hydrazone groups is 1. The van der Waals surface area contributed by atoms with E-state index in [-0.39, 0.29) is 0 Å². The van der Waals surface area contributed by atoms with E-state index in [4.69, 9.17) is 0 Å². The number of rotatable bonds is 2. The molecule has 0 aliphatic carbocycles. The zero-order chi connectivity index (χ0) is 12.4. The van der Waals surface area contributed by atoms with Gasteiger partial charge in [0.15, 0.2) is 6.04 Å². The highest BCUT2D eigenvalue weighted by molar-refractivity contribution is 6.18. The molecule has 17 heavy (non-hydrogen) atoms. The summed E-state index contributed by atoms with van der Waals surface area (Å²) < 4.78 is 0. The van der Waals surface area contributed by atoms with Crippen molar-refractivity contribution in [3.05, 3.63) is 35.9 Å². The Morgan fingerprint density at radius 2 is 2.06 bits per heavy atom. The van der Waals surface area contributed by atoms with E-state index in [2.05, 4.69) is 16.8 Å². The Morgan fingerprint density at radius 3 is 2.59 bits per heavy atom. The van der Waals surface area contributed by atoms with E-state index in [0.29, 0.717) is 11.3 Å². The van der Waals surface area contributed by atoms with Crippen LogP contribution in [0.4, 0.5) is 0 Å². The molecule has 0 spiro atoms. The topological polar surface area (TPSA) is 62.1 Å². The number of nitrogens with zero attached hydrogens (tertiary/aromatic N) is 3. The molecule has 1 aliphatic rings. The first-order chi connectivity index (χ1) is 8.15. The van der Waals surface area contributed by atoms with Crippen LogP contribution in [0.3, 0.4) is 0 Å². The van der Waals surface area contributed by atoms with Crippen LogP contribution in [0, 0.1) is 0 Å². The second-order valence-corrected chi connectivity index (χ2v) is 3.65. The van der Waals surface area contributed by atoms with Crippen LogP contribution in [-0.4, -0.2) is 35.3 Å². The molecule has 0 aromatic heterocycles. The van der Waals surface area contributed by atoms with E-state index in [9.17, 15) is 9.59 Å². The fourth-order valence-electron chi connectivity index (χ4n) is 1.61. The van der Waals surface area contributed by atoms with Crippen LogP contribution in [0.5, 0.6) is 0 Å². The Bertz CT molecular complexity index is 508. The standard InChI is InChI=1S/C12H11N3O2/c1-8-10(13-2)12(17)15(14-8)11(16)9-6-4-3-5-7-9/h3-7,10H,2H2,1H3. The van der Waals surface area contributed by atoms with Crippen molar-refractivity contribution in [1.82, 2.24) is 5.01 Å². The lowest BCUT2D eigenvalue weighted by atomic mass is 10.2. The Hall–Kier alpha value is -2.30. The molecule has 0 saturated heterocycles. The van der Waals surface area contributed by atoms with Crippen molar-refractivity contribution in [3.8, 4) is 0 Å². The molecular weight excluding hydrogens is 218 g/mol. The van der Waals surface area contributed by atoms with Crippen molar-refractivity contribution in [2.45, 2.75) is 13.0 Å². The fraction of sp³-hybridized carbons (Fsp3) is 0.167. The van der Waals surface area contributed by atoms with Gasteiger partial charge in [-0.2, -0.15) is 10.1 Å². The van der Waals surface area contributed by atoms with Gasteiger partial charge in [-0.05, 0) is 25.8 Å². The summed E-state index contributed by atoms with van der Waals surface area (Å²) in [7, 11) is 0. The van der Waals surface area contributed by atoms with Crippen molar-refractivity contribution in [1.29, 1.82) is 0 Å². The zero-order valence-corrected chi connectivity index (χ0v) is 9.33. The summed E-state index contributed by atoms with van der Waals surface area (Å²) in [6, 6.07) is 7.79. The molecule has 0 N–H and O–H groups in total. The summed E-state index contributed by atoms with van der Waals surface area (Å²) in [6.45, 7) is 4.97. The molecule has 0 saturated carbocycles. The van der Waals surface area contributed by atoms with Crippen molar-refractivity contribution in [3.63, 3.8) is 0 Å². The molecule has 1 heterocycles. The van der Waals surface area contributed by atoms with Gasteiger partial charge in [0.1, 0.15) is 0 Å². The second kappa shape index (κ2) is 4.29. The van der Waals surface area contributed by atoms with Crippen molar-refractivity contribution < 1.29 is 9.59 Å². The average molecular weight is 229 g/mol. The van der Waals surface area contributed by atoms with Gasteiger partial charge in [0.2, 0.25) is 0 Å². The van der Waals surface area contributed by atoms with E-state index in [1.807, 2.05) is 0 Å². The minimum absolute atomic E-state index is 0.419. The predicted octanol–water partition coefficient (Wildman–Crippen LogP) is 1.11. The van der Waals surface area contributed by atoms with Gasteiger partial charge in [-0.3, -0.25) is 14.6 Å². The first kappa shape index (κ1) is 11.2. The van der Waals surface area contributed by atoms with Crippen LogP contribution in [-0.2, 0) is 4.79 Å². The second-order valence-electron chi connectivity index (χ2n) is 3.65. The van der Waals surface area contributed by atoms with Crippen molar-refractivity contribution in [2.75, 3.05) is 0 Å². The van der Waals surface area contributed by atoms with E-state index >= 15 is 0 Å². The maximum atomic E-state index is 12.0. The third kappa shape index (κ3) is 1.87. The Kier molecular flexibility index (Phi) is 2.82. The minimum Gasteiger partial charge on any atom is -0.281 e. The normalized spacial score (nSPS) is 19.1. The van der Waals surface area contributed by atoms with E-state index < -0.39 is 17.9 Å². The number of carbonyl (C=O) groups is 2. The maximum Gasteiger partial charge on any atom is 0.281 e. The maximum absolute atomic E-state index is 12.0. The van der Waals surface area contributed by atoms with E-state index in [1.54, 1.807) is 37.3 Å². The first-order valence-corrected chi connectivity index (χ1v) is 5.09. The summed E-state index contributed by atoms with van der Waals surface area (Å²) in [6.07, 6.45) is 0. The number of amides is 2. The lowest BCUT2D eigenvalue weighted by Crippen LogP contribution is -2.34. The summed E-state index contributed by atoms with van der Waals surface area (Å²) in [5.41, 5.74) is 0.899. The Balaban J connectivity index is 2.29. The molecule has 2 amide bonds. The number of imide groups is 1. The van der Waals surface area contributed by atoms with Gasteiger partial charge in [-0.1, -0.05) is 18.2 Å². The van der Waals surface area contributed by atoms with Gasteiger partial charge in [0.25, 0.3) is 11.8 Å². The summed E-state index contributed by atoms with van der Waals surface area (Å²) in [4.78, 5) is 27.5. The van der Waals surface area contributed by atoms with E-state index in [0.717, 1.165) is 5.01 Å². The third-order valence-electron chi connectivity index (χ3n) is 2.49. The number of benzene rings is 1. The molecule has 86 valence electrons. The minimum atomic E-state index is -0.734. The molecule has 1 aromatic carbocycles. The Labute approximate surface area is 98.5 Å². The van der Waals surface area contributed by atoms with Crippen LogP contribution in [0.25, 0.3) is 0 Å². The molecule has 0 bridgehead atoms. The molecule has 1 aliphatic heterocycles. The van der Waals surface area contributed by atoms with Crippen molar-refractivity contribution >= 4 is 24.2 Å². The average Bonchev–Trinajstić information content (AvgIpc) is 2.64. The summed E-state index contributed by atoms with van der Waals surface area (Å²) in [5, 5.41) is 4.77. The number of carbonyl (C=O) groups excluding carboxylic acids is 2. The van der Waals surface area contributed by atoms with Crippen LogP contribution in [0.15, 0.2) is 40.4 Å². The smallest absolute Gasteiger partial charge is 0.281 e. The van der Waals surface area contributed by atoms with Gasteiger partial charge in [0.05, 0.1) is 5.71 Å². The predicted molar refractivity (Wildman–Crippen MR) is 64.1 cm³/mol. The highest BCUT2D eigenvalue weighted by atomic mass is 16.2. The molecule has 1 unspecified atom stereocenters. The van der Waals surface area contributed by atoms with Crippen LogP contribution < -0.4 is 0 Å². The number of hydrogen-bond acceptors (Lipinski definition) is 4. The lowest BCUT2D eigenvalue weighted by Gasteiger charge is -2.10. The third-order valence-corrected chi connectivity index (χ3v) is 2.49. The zero-order valence-electron chi connectivity index (χ0n) is 9.33. The molecule has 2 rings (SSSR count). The fourth-order valence-corrected chi connectivity index (χ4v) is 1.61. The van der Waals surface area contributed by atoms with Gasteiger partial charge in [-0.25, -0.2) is 0 Å². The van der Waals surface area contributed by atoms with Crippen LogP contribution in [0.1, 0.15) is 17.3 Å². The van der Waals surface area contributed by atoms with Crippen LogP contribution in [0.2, 0.25) is 0 Å². The molecule has 0 radical (unpaired) electrons. The van der Waals surface area contributed by atoms with Gasteiger partial charge < -0.3 is 0 Å². The van der Waals surface area contributed by atoms with Crippen molar-refractivity contribution in [2.24, 2.45) is 10.1 Å². The largest absolute Gasteiger partial charge is 0.281 e. The summed E-state index contributed by atoms with van der Waals surface area (Å²) in [5.74, 6) is -0.896. The number of aliphatic imine (C=N–C) groups is 1. The number of hydrogen-bond donors (Lipinski definition) is 0. The SMILES string of the molecule is C=NC1C(=O)N(C(=O)c2ccccc2)N=C1C.